The number of aromatic nitrogens is 2. The maximum atomic E-state index is 13.7. The van der Waals surface area contributed by atoms with Crippen LogP contribution in [0, 0.1) is 12.7 Å². The molecule has 202 valence electrons. The van der Waals surface area contributed by atoms with E-state index in [0.717, 1.165) is 11.1 Å². The summed E-state index contributed by atoms with van der Waals surface area (Å²) < 4.78 is 27.0. The minimum atomic E-state index is -0.403. The molecule has 0 bridgehead atoms. The van der Waals surface area contributed by atoms with Gasteiger partial charge in [0.1, 0.15) is 17.3 Å². The standard InChI is InChI=1S/C32H27ClFN3O3/c1-22-30(21-36(20-23-7-4-3-5-8-23)31(38)24-11-13-26(34)14-12-24)32(40-29-17-15-28(39-2)16-18-29)37(35-22)27-10-6-9-25(33)19-27/h3-19H,20-21H2,1-2H3. The van der Waals surface area contributed by atoms with Gasteiger partial charge in [-0.25, -0.2) is 9.07 Å². The molecule has 5 rings (SSSR count). The zero-order valence-electron chi connectivity index (χ0n) is 22.1. The van der Waals surface area contributed by atoms with E-state index in [4.69, 9.17) is 26.2 Å². The van der Waals surface area contributed by atoms with Crippen molar-refractivity contribution in [1.29, 1.82) is 0 Å². The van der Waals surface area contributed by atoms with Gasteiger partial charge >= 0.3 is 0 Å². The lowest BCUT2D eigenvalue weighted by Crippen LogP contribution is -2.30. The van der Waals surface area contributed by atoms with Crippen molar-refractivity contribution in [2.45, 2.75) is 20.0 Å². The number of aryl methyl sites for hydroxylation is 1. The summed E-state index contributed by atoms with van der Waals surface area (Å²) in [6.07, 6.45) is 0. The third kappa shape index (κ3) is 6.16. The Kier molecular flexibility index (Phi) is 8.12. The summed E-state index contributed by atoms with van der Waals surface area (Å²) in [6, 6.07) is 29.8. The molecule has 0 radical (unpaired) electrons. The molecule has 0 N–H and O–H groups in total. The maximum Gasteiger partial charge on any atom is 0.254 e. The number of methoxy groups -OCH3 is 1. The van der Waals surface area contributed by atoms with Crippen molar-refractivity contribution >= 4 is 17.5 Å². The minimum Gasteiger partial charge on any atom is -0.497 e. The van der Waals surface area contributed by atoms with E-state index in [2.05, 4.69) is 0 Å². The SMILES string of the molecule is COc1ccc(Oc2c(CN(Cc3ccccc3)C(=O)c3ccc(F)cc3)c(C)nn2-c2cccc(Cl)c2)cc1. The molecule has 4 aromatic carbocycles. The molecule has 0 aliphatic heterocycles. The summed E-state index contributed by atoms with van der Waals surface area (Å²) in [4.78, 5) is 15.4. The van der Waals surface area contributed by atoms with Crippen LogP contribution in [-0.4, -0.2) is 27.7 Å². The first-order valence-corrected chi connectivity index (χ1v) is 13.0. The van der Waals surface area contributed by atoms with Crippen molar-refractivity contribution < 1.29 is 18.7 Å². The van der Waals surface area contributed by atoms with Gasteiger partial charge < -0.3 is 14.4 Å². The van der Waals surface area contributed by atoms with E-state index < -0.39 is 5.82 Å². The van der Waals surface area contributed by atoms with Gasteiger partial charge in [-0.15, -0.1) is 0 Å². The van der Waals surface area contributed by atoms with Gasteiger partial charge in [0, 0.05) is 17.1 Å². The van der Waals surface area contributed by atoms with E-state index in [1.807, 2.05) is 61.5 Å². The van der Waals surface area contributed by atoms with Crippen LogP contribution in [-0.2, 0) is 13.1 Å². The number of hydrogen-bond acceptors (Lipinski definition) is 4. The minimum absolute atomic E-state index is 0.197. The van der Waals surface area contributed by atoms with Crippen molar-refractivity contribution in [1.82, 2.24) is 14.7 Å². The maximum absolute atomic E-state index is 13.7. The molecule has 6 nitrogen and oxygen atoms in total. The predicted molar refractivity (Wildman–Crippen MR) is 153 cm³/mol. The molecule has 1 amide bonds. The molecule has 0 aliphatic carbocycles. The summed E-state index contributed by atoms with van der Waals surface area (Å²) in [5.74, 6) is 1.08. The molecule has 0 aliphatic rings. The fourth-order valence-corrected chi connectivity index (χ4v) is 4.52. The van der Waals surface area contributed by atoms with Gasteiger partial charge in [-0.05, 0) is 79.2 Å². The Bertz CT molecular complexity index is 1600. The van der Waals surface area contributed by atoms with Crippen LogP contribution in [0.5, 0.6) is 17.4 Å². The molecule has 5 aromatic rings. The first-order chi connectivity index (χ1) is 19.4. The van der Waals surface area contributed by atoms with Crippen LogP contribution in [0.1, 0.15) is 27.2 Å². The molecule has 8 heteroatoms. The second-order valence-corrected chi connectivity index (χ2v) is 9.63. The van der Waals surface area contributed by atoms with Gasteiger partial charge in [-0.2, -0.15) is 5.10 Å². The number of halogens is 2. The van der Waals surface area contributed by atoms with Crippen LogP contribution < -0.4 is 9.47 Å². The van der Waals surface area contributed by atoms with Crippen LogP contribution in [0.3, 0.4) is 0 Å². The van der Waals surface area contributed by atoms with Crippen LogP contribution in [0.15, 0.2) is 103 Å². The lowest BCUT2D eigenvalue weighted by Gasteiger charge is -2.24. The molecule has 0 saturated carbocycles. The lowest BCUT2D eigenvalue weighted by atomic mass is 10.1. The lowest BCUT2D eigenvalue weighted by molar-refractivity contribution is 0.0729. The van der Waals surface area contributed by atoms with Crippen LogP contribution in [0.2, 0.25) is 5.02 Å². The molecule has 0 atom stereocenters. The first kappa shape index (κ1) is 27.0. The van der Waals surface area contributed by atoms with E-state index >= 15 is 0 Å². The molecular formula is C32H27ClFN3O3. The van der Waals surface area contributed by atoms with Crippen molar-refractivity contribution in [2.75, 3.05) is 7.11 Å². The van der Waals surface area contributed by atoms with E-state index in [9.17, 15) is 9.18 Å². The third-order valence-corrected chi connectivity index (χ3v) is 6.64. The Morgan fingerprint density at radius 1 is 0.900 bits per heavy atom. The molecular weight excluding hydrogens is 529 g/mol. The van der Waals surface area contributed by atoms with Gasteiger partial charge in [0.25, 0.3) is 5.91 Å². The Hall–Kier alpha value is -4.62. The number of benzene rings is 4. The number of nitrogens with zero attached hydrogens (tertiary/aromatic N) is 3. The molecule has 0 spiro atoms. The number of carbonyl (C=O) groups is 1. The largest absolute Gasteiger partial charge is 0.497 e. The number of carbonyl (C=O) groups excluding carboxylic acids is 1. The number of ether oxygens (including phenoxy) is 2. The normalized spacial score (nSPS) is 10.8. The Balaban J connectivity index is 1.58. The fraction of sp³-hybridized carbons (Fsp3) is 0.125. The Morgan fingerprint density at radius 2 is 1.60 bits per heavy atom. The predicted octanol–water partition coefficient (Wildman–Crippen LogP) is 7.62. The Labute approximate surface area is 237 Å². The molecule has 0 saturated heterocycles. The monoisotopic (exact) mass is 555 g/mol. The topological polar surface area (TPSA) is 56.6 Å². The van der Waals surface area contributed by atoms with E-state index in [0.29, 0.717) is 45.9 Å². The molecule has 40 heavy (non-hydrogen) atoms. The summed E-state index contributed by atoms with van der Waals surface area (Å²) in [6.45, 7) is 2.41. The zero-order chi connectivity index (χ0) is 28.1. The van der Waals surface area contributed by atoms with Crippen molar-refractivity contribution in [2.24, 2.45) is 0 Å². The van der Waals surface area contributed by atoms with Gasteiger partial charge in [-0.3, -0.25) is 4.79 Å². The van der Waals surface area contributed by atoms with Crippen LogP contribution in [0.25, 0.3) is 5.69 Å². The number of hydrogen-bond donors (Lipinski definition) is 0. The average Bonchev–Trinajstić information content (AvgIpc) is 3.28. The highest BCUT2D eigenvalue weighted by molar-refractivity contribution is 6.30. The Morgan fingerprint density at radius 3 is 2.27 bits per heavy atom. The van der Waals surface area contributed by atoms with E-state index in [1.54, 1.807) is 41.0 Å². The summed E-state index contributed by atoms with van der Waals surface area (Å²) in [7, 11) is 1.60. The van der Waals surface area contributed by atoms with Crippen molar-refractivity contribution in [3.63, 3.8) is 0 Å². The van der Waals surface area contributed by atoms with Gasteiger partial charge in [0.2, 0.25) is 5.88 Å². The van der Waals surface area contributed by atoms with E-state index in [1.165, 1.54) is 24.3 Å². The summed E-state index contributed by atoms with van der Waals surface area (Å²) in [5, 5.41) is 5.33. The summed E-state index contributed by atoms with van der Waals surface area (Å²) >= 11 is 6.31. The van der Waals surface area contributed by atoms with Gasteiger partial charge in [0.05, 0.1) is 30.6 Å². The first-order valence-electron chi connectivity index (χ1n) is 12.7. The summed E-state index contributed by atoms with van der Waals surface area (Å²) in [5.41, 5.74) is 3.46. The third-order valence-electron chi connectivity index (χ3n) is 6.41. The zero-order valence-corrected chi connectivity index (χ0v) is 22.8. The van der Waals surface area contributed by atoms with Gasteiger partial charge in [0.15, 0.2) is 0 Å². The highest BCUT2D eigenvalue weighted by Crippen LogP contribution is 2.33. The molecule has 1 aromatic heterocycles. The van der Waals surface area contributed by atoms with Crippen LogP contribution in [0.4, 0.5) is 4.39 Å². The quantitative estimate of drug-likeness (QED) is 0.188. The second-order valence-electron chi connectivity index (χ2n) is 9.19. The number of rotatable bonds is 9. The fourth-order valence-electron chi connectivity index (χ4n) is 4.33. The average molecular weight is 556 g/mol. The second kappa shape index (κ2) is 12.1. The van der Waals surface area contributed by atoms with Crippen molar-refractivity contribution in [3.05, 3.63) is 136 Å². The molecule has 1 heterocycles. The smallest absolute Gasteiger partial charge is 0.254 e. The van der Waals surface area contributed by atoms with Crippen molar-refractivity contribution in [3.8, 4) is 23.1 Å². The van der Waals surface area contributed by atoms with E-state index in [-0.39, 0.29) is 12.5 Å². The molecule has 0 fully saturated rings. The highest BCUT2D eigenvalue weighted by Gasteiger charge is 2.25. The van der Waals surface area contributed by atoms with Crippen LogP contribution >= 0.6 is 11.6 Å². The highest BCUT2D eigenvalue weighted by atomic mass is 35.5. The molecule has 0 unspecified atom stereocenters. The number of amides is 1. The van der Waals surface area contributed by atoms with Gasteiger partial charge in [-0.1, -0.05) is 48.0 Å².